The summed E-state index contributed by atoms with van der Waals surface area (Å²) in [4.78, 5) is 2.53. The van der Waals surface area contributed by atoms with Gasteiger partial charge in [-0.15, -0.1) is 0 Å². The van der Waals surface area contributed by atoms with Crippen LogP contribution in [0.1, 0.15) is 43.9 Å². The lowest BCUT2D eigenvalue weighted by atomic mass is 9.76. The summed E-state index contributed by atoms with van der Waals surface area (Å²) in [5.74, 6) is 1.04. The molecule has 2 aliphatic heterocycles. The highest BCUT2D eigenvalue weighted by Gasteiger charge is 2.50. The highest BCUT2D eigenvalue weighted by molar-refractivity contribution is 5.83. The Bertz CT molecular complexity index is 662. The zero-order chi connectivity index (χ0) is 14.4. The van der Waals surface area contributed by atoms with Gasteiger partial charge in [0, 0.05) is 17.0 Å². The predicted octanol–water partition coefficient (Wildman–Crippen LogP) is 3.44. The van der Waals surface area contributed by atoms with Gasteiger partial charge >= 0.3 is 0 Å². The van der Waals surface area contributed by atoms with Gasteiger partial charge in [-0.1, -0.05) is 25.1 Å². The van der Waals surface area contributed by atoms with Gasteiger partial charge in [0.1, 0.15) is 16.9 Å². The first-order valence-corrected chi connectivity index (χ1v) is 8.18. The fourth-order valence-corrected chi connectivity index (χ4v) is 4.46. The van der Waals surface area contributed by atoms with Crippen molar-refractivity contribution in [1.29, 1.82) is 0 Å². The van der Waals surface area contributed by atoms with Crippen LogP contribution < -0.4 is 0 Å². The molecule has 2 aliphatic rings. The third kappa shape index (κ3) is 1.74. The van der Waals surface area contributed by atoms with Gasteiger partial charge in [0.15, 0.2) is 0 Å². The molecule has 2 aromatic rings. The van der Waals surface area contributed by atoms with Crippen LogP contribution in [0.5, 0.6) is 0 Å². The van der Waals surface area contributed by atoms with Crippen molar-refractivity contribution in [2.75, 3.05) is 13.2 Å². The number of aliphatic hydroxyl groups excluding tert-OH is 1. The van der Waals surface area contributed by atoms with E-state index in [2.05, 4.69) is 24.0 Å². The van der Waals surface area contributed by atoms with Crippen LogP contribution in [0.2, 0.25) is 0 Å². The summed E-state index contributed by atoms with van der Waals surface area (Å²) in [6.45, 7) is 3.50. The van der Waals surface area contributed by atoms with Gasteiger partial charge in [0.05, 0.1) is 6.61 Å². The molecule has 1 aromatic heterocycles. The van der Waals surface area contributed by atoms with E-state index in [-0.39, 0.29) is 12.1 Å². The van der Waals surface area contributed by atoms with E-state index in [4.69, 9.17) is 4.42 Å². The van der Waals surface area contributed by atoms with Crippen molar-refractivity contribution >= 4 is 11.0 Å². The topological polar surface area (TPSA) is 36.6 Å². The second kappa shape index (κ2) is 4.85. The minimum Gasteiger partial charge on any atom is -0.459 e. The Morgan fingerprint density at radius 3 is 3.00 bits per heavy atom. The SMILES string of the molecule is CCC1Cc2c(oc3ccccc23)C2(CO)CCCCN12. The predicted molar refractivity (Wildman–Crippen MR) is 83.3 cm³/mol. The van der Waals surface area contributed by atoms with Crippen molar-refractivity contribution < 1.29 is 9.52 Å². The summed E-state index contributed by atoms with van der Waals surface area (Å²) in [7, 11) is 0. The summed E-state index contributed by atoms with van der Waals surface area (Å²) in [6, 6.07) is 8.84. The molecule has 4 rings (SSSR count). The van der Waals surface area contributed by atoms with Crippen molar-refractivity contribution in [3.63, 3.8) is 0 Å². The molecular weight excluding hydrogens is 262 g/mol. The quantitative estimate of drug-likeness (QED) is 0.918. The Kier molecular flexibility index (Phi) is 3.09. The normalized spacial score (nSPS) is 29.3. The fraction of sp³-hybridized carbons (Fsp3) is 0.556. The van der Waals surface area contributed by atoms with E-state index in [1.807, 2.05) is 12.1 Å². The Labute approximate surface area is 125 Å². The first-order chi connectivity index (χ1) is 10.3. The summed E-state index contributed by atoms with van der Waals surface area (Å²) in [5, 5.41) is 11.5. The van der Waals surface area contributed by atoms with E-state index in [9.17, 15) is 5.11 Å². The summed E-state index contributed by atoms with van der Waals surface area (Å²) in [5.41, 5.74) is 2.02. The highest BCUT2D eigenvalue weighted by Crippen LogP contribution is 2.48. The molecule has 3 heterocycles. The maximum absolute atomic E-state index is 10.3. The van der Waals surface area contributed by atoms with Crippen LogP contribution >= 0.6 is 0 Å². The minimum atomic E-state index is -0.286. The van der Waals surface area contributed by atoms with Crippen molar-refractivity contribution in [3.05, 3.63) is 35.6 Å². The maximum atomic E-state index is 10.3. The summed E-state index contributed by atoms with van der Waals surface area (Å²) >= 11 is 0. The average Bonchev–Trinajstić information content (AvgIpc) is 2.93. The Balaban J connectivity index is 1.97. The van der Waals surface area contributed by atoms with E-state index in [0.717, 1.165) is 37.2 Å². The van der Waals surface area contributed by atoms with Gasteiger partial charge in [0.2, 0.25) is 0 Å². The molecule has 2 atom stereocenters. The van der Waals surface area contributed by atoms with Crippen LogP contribution in [0.15, 0.2) is 28.7 Å². The monoisotopic (exact) mass is 285 g/mol. The minimum absolute atomic E-state index is 0.163. The van der Waals surface area contributed by atoms with Crippen LogP contribution in [-0.4, -0.2) is 29.2 Å². The van der Waals surface area contributed by atoms with Crippen LogP contribution in [0.3, 0.4) is 0 Å². The second-order valence-corrected chi connectivity index (χ2v) is 6.51. The molecule has 3 nitrogen and oxygen atoms in total. The molecule has 2 unspecified atom stereocenters. The number of nitrogens with zero attached hydrogens (tertiary/aromatic N) is 1. The molecule has 1 fully saturated rings. The van der Waals surface area contributed by atoms with E-state index >= 15 is 0 Å². The summed E-state index contributed by atoms with van der Waals surface area (Å²) in [6.07, 6.45) is 5.58. The lowest BCUT2D eigenvalue weighted by molar-refractivity contribution is -0.0586. The largest absolute Gasteiger partial charge is 0.459 e. The molecule has 0 amide bonds. The van der Waals surface area contributed by atoms with E-state index in [1.54, 1.807) is 0 Å². The lowest BCUT2D eigenvalue weighted by Gasteiger charge is -2.52. The van der Waals surface area contributed by atoms with E-state index in [1.165, 1.54) is 23.8 Å². The first kappa shape index (κ1) is 13.4. The van der Waals surface area contributed by atoms with Gasteiger partial charge in [0.25, 0.3) is 0 Å². The van der Waals surface area contributed by atoms with Crippen molar-refractivity contribution in [1.82, 2.24) is 4.90 Å². The Morgan fingerprint density at radius 2 is 2.19 bits per heavy atom. The number of fused-ring (bicyclic) bond motifs is 5. The molecular formula is C18H23NO2. The van der Waals surface area contributed by atoms with Crippen molar-refractivity contribution in [2.45, 2.75) is 50.6 Å². The number of aliphatic hydroxyl groups is 1. The molecule has 0 radical (unpaired) electrons. The molecule has 1 N–H and O–H groups in total. The first-order valence-electron chi connectivity index (χ1n) is 8.18. The van der Waals surface area contributed by atoms with Crippen molar-refractivity contribution in [2.24, 2.45) is 0 Å². The number of furan rings is 1. The van der Waals surface area contributed by atoms with Gasteiger partial charge in [-0.25, -0.2) is 0 Å². The molecule has 0 saturated carbocycles. The number of rotatable bonds is 2. The number of para-hydroxylation sites is 1. The van der Waals surface area contributed by atoms with Crippen LogP contribution in [0.4, 0.5) is 0 Å². The van der Waals surface area contributed by atoms with E-state index in [0.29, 0.717) is 6.04 Å². The van der Waals surface area contributed by atoms with Crippen molar-refractivity contribution in [3.8, 4) is 0 Å². The average molecular weight is 285 g/mol. The zero-order valence-corrected chi connectivity index (χ0v) is 12.6. The smallest absolute Gasteiger partial charge is 0.134 e. The Hall–Kier alpha value is -1.32. The zero-order valence-electron chi connectivity index (χ0n) is 12.6. The molecule has 21 heavy (non-hydrogen) atoms. The number of hydrogen-bond donors (Lipinski definition) is 1. The third-order valence-electron chi connectivity index (χ3n) is 5.52. The van der Waals surface area contributed by atoms with Crippen LogP contribution in [-0.2, 0) is 12.0 Å². The molecule has 1 saturated heterocycles. The fourth-order valence-electron chi connectivity index (χ4n) is 4.46. The van der Waals surface area contributed by atoms with Crippen LogP contribution in [0.25, 0.3) is 11.0 Å². The maximum Gasteiger partial charge on any atom is 0.134 e. The third-order valence-corrected chi connectivity index (χ3v) is 5.52. The van der Waals surface area contributed by atoms with Gasteiger partial charge in [-0.05, 0) is 44.7 Å². The number of piperidine rings is 1. The summed E-state index contributed by atoms with van der Waals surface area (Å²) < 4.78 is 6.25. The van der Waals surface area contributed by atoms with E-state index < -0.39 is 0 Å². The molecule has 0 aliphatic carbocycles. The molecule has 112 valence electrons. The van der Waals surface area contributed by atoms with Gasteiger partial charge in [-0.3, -0.25) is 4.90 Å². The van der Waals surface area contributed by atoms with Crippen LogP contribution in [0, 0.1) is 0 Å². The number of hydrogen-bond acceptors (Lipinski definition) is 3. The molecule has 3 heteroatoms. The second-order valence-electron chi connectivity index (χ2n) is 6.51. The molecule has 1 aromatic carbocycles. The molecule has 0 spiro atoms. The highest BCUT2D eigenvalue weighted by atomic mass is 16.3. The van der Waals surface area contributed by atoms with Gasteiger partial charge in [-0.2, -0.15) is 0 Å². The molecule has 0 bridgehead atoms. The standard InChI is InChI=1S/C18H23NO2/c1-2-13-11-15-14-7-3-4-8-16(14)21-17(15)18(12-20)9-5-6-10-19(13)18/h3-4,7-8,13,20H,2,5-6,9-12H2,1H3. The number of benzene rings is 1. The Morgan fingerprint density at radius 1 is 1.33 bits per heavy atom. The lowest BCUT2D eigenvalue weighted by Crippen LogP contribution is -2.59. The van der Waals surface area contributed by atoms with Gasteiger partial charge < -0.3 is 9.52 Å².